The number of halogens is 1. The lowest BCUT2D eigenvalue weighted by atomic mass is 10.3. The van der Waals surface area contributed by atoms with Crippen LogP contribution in [0.25, 0.3) is 5.65 Å². The molecule has 3 rings (SSSR count). The molecule has 26 heavy (non-hydrogen) atoms. The van der Waals surface area contributed by atoms with Gasteiger partial charge in [0.05, 0.1) is 5.69 Å². The van der Waals surface area contributed by atoms with Gasteiger partial charge in [-0.25, -0.2) is 4.98 Å². The minimum atomic E-state index is 0. The lowest BCUT2D eigenvalue weighted by Crippen LogP contribution is -2.41. The highest BCUT2D eigenvalue weighted by Gasteiger charge is 2.28. The summed E-state index contributed by atoms with van der Waals surface area (Å²) in [6.07, 6.45) is 6.89. The number of amides is 1. The number of pyridine rings is 1. The van der Waals surface area contributed by atoms with Crippen molar-refractivity contribution in [2.45, 2.75) is 26.2 Å². The number of nitrogens with one attached hydrogen (secondary N) is 3. The molecule has 7 nitrogen and oxygen atoms in total. The third kappa shape index (κ3) is 6.15. The second-order valence-corrected chi connectivity index (χ2v) is 6.20. The standard InChI is InChI=1S/C18H26N6O.HI/c1-2-19-18(22-11-10-20-17(25)14-6-7-14)21-9-8-15-13-24-12-4-3-5-16(24)23-15;/h3-5,12-14H,2,6-11H2,1H3,(H,20,25)(H2,19,21,22);1H. The average Bonchev–Trinajstić information content (AvgIpc) is 3.38. The number of carbonyl (C=O) groups excluding carboxylic acids is 1. The molecule has 0 unspecified atom stereocenters. The second-order valence-electron chi connectivity index (χ2n) is 6.20. The molecule has 8 heteroatoms. The fourth-order valence-electron chi connectivity index (χ4n) is 2.59. The molecule has 3 N–H and O–H groups in total. The monoisotopic (exact) mass is 470 g/mol. The van der Waals surface area contributed by atoms with Crippen molar-refractivity contribution in [3.05, 3.63) is 36.3 Å². The van der Waals surface area contributed by atoms with Crippen LogP contribution in [0.5, 0.6) is 0 Å². The van der Waals surface area contributed by atoms with Gasteiger partial charge >= 0.3 is 0 Å². The zero-order valence-electron chi connectivity index (χ0n) is 15.1. The molecule has 2 aromatic heterocycles. The summed E-state index contributed by atoms with van der Waals surface area (Å²) in [5, 5.41) is 9.41. The number of hydrogen-bond acceptors (Lipinski definition) is 3. The summed E-state index contributed by atoms with van der Waals surface area (Å²) in [5.41, 5.74) is 1.99. The van der Waals surface area contributed by atoms with E-state index < -0.39 is 0 Å². The van der Waals surface area contributed by atoms with Gasteiger partial charge in [-0.15, -0.1) is 24.0 Å². The van der Waals surface area contributed by atoms with E-state index in [-0.39, 0.29) is 35.8 Å². The highest BCUT2D eigenvalue weighted by atomic mass is 127. The summed E-state index contributed by atoms with van der Waals surface area (Å²) in [5.74, 6) is 1.20. The van der Waals surface area contributed by atoms with E-state index in [1.54, 1.807) is 0 Å². The summed E-state index contributed by atoms with van der Waals surface area (Å²) < 4.78 is 2.02. The molecule has 0 radical (unpaired) electrons. The topological polar surface area (TPSA) is 82.8 Å². The third-order valence-electron chi connectivity index (χ3n) is 4.06. The molecule has 2 heterocycles. The zero-order chi connectivity index (χ0) is 17.5. The van der Waals surface area contributed by atoms with Gasteiger partial charge in [-0.1, -0.05) is 6.07 Å². The van der Waals surface area contributed by atoms with E-state index in [4.69, 9.17) is 0 Å². The van der Waals surface area contributed by atoms with Gasteiger partial charge in [0.15, 0.2) is 5.96 Å². The van der Waals surface area contributed by atoms with E-state index in [0.29, 0.717) is 19.6 Å². The Bertz CT molecular complexity index is 707. The SMILES string of the molecule is CCNC(=NCCc1cn2ccccc2n1)NCCNC(=O)C1CC1.I. The largest absolute Gasteiger partial charge is 0.357 e. The van der Waals surface area contributed by atoms with Crippen LogP contribution < -0.4 is 16.0 Å². The normalized spacial score (nSPS) is 14.0. The Morgan fingerprint density at radius 2 is 2.08 bits per heavy atom. The third-order valence-corrected chi connectivity index (χ3v) is 4.06. The molecular weight excluding hydrogens is 443 g/mol. The van der Waals surface area contributed by atoms with Crippen molar-refractivity contribution in [1.82, 2.24) is 25.3 Å². The maximum atomic E-state index is 11.6. The minimum Gasteiger partial charge on any atom is -0.357 e. The fraction of sp³-hybridized carbons (Fsp3) is 0.500. The number of hydrogen-bond donors (Lipinski definition) is 3. The van der Waals surface area contributed by atoms with Gasteiger partial charge in [0, 0.05) is 50.9 Å². The molecule has 0 spiro atoms. The van der Waals surface area contributed by atoms with Gasteiger partial charge in [-0.05, 0) is 31.9 Å². The Kier molecular flexibility index (Phi) is 8.14. The summed E-state index contributed by atoms with van der Waals surface area (Å²) in [6, 6.07) is 5.97. The van der Waals surface area contributed by atoms with Crippen LogP contribution in [0, 0.1) is 5.92 Å². The maximum Gasteiger partial charge on any atom is 0.223 e. The van der Waals surface area contributed by atoms with Crippen molar-refractivity contribution in [1.29, 1.82) is 0 Å². The van der Waals surface area contributed by atoms with Crippen molar-refractivity contribution in [2.24, 2.45) is 10.9 Å². The number of nitrogens with zero attached hydrogens (tertiary/aromatic N) is 3. The van der Waals surface area contributed by atoms with Crippen LogP contribution in [-0.2, 0) is 11.2 Å². The highest BCUT2D eigenvalue weighted by Crippen LogP contribution is 2.28. The smallest absolute Gasteiger partial charge is 0.223 e. The van der Waals surface area contributed by atoms with Crippen molar-refractivity contribution in [2.75, 3.05) is 26.2 Å². The molecular formula is C18H27IN6O. The predicted molar refractivity (Wildman–Crippen MR) is 114 cm³/mol. The lowest BCUT2D eigenvalue weighted by Gasteiger charge is -2.11. The molecule has 1 aliphatic carbocycles. The van der Waals surface area contributed by atoms with Crippen LogP contribution in [-0.4, -0.2) is 47.4 Å². The predicted octanol–water partition coefficient (Wildman–Crippen LogP) is 1.58. The molecule has 0 aromatic carbocycles. The van der Waals surface area contributed by atoms with E-state index in [1.807, 2.05) is 41.9 Å². The van der Waals surface area contributed by atoms with E-state index in [1.165, 1.54) is 0 Å². The molecule has 2 aromatic rings. The van der Waals surface area contributed by atoms with Gasteiger partial charge < -0.3 is 20.4 Å². The molecule has 0 atom stereocenters. The Labute approximate surface area is 171 Å². The van der Waals surface area contributed by atoms with Gasteiger partial charge in [0.2, 0.25) is 5.91 Å². The first-order chi connectivity index (χ1) is 12.3. The molecule has 0 saturated heterocycles. The number of rotatable bonds is 8. The molecule has 0 aliphatic heterocycles. The summed E-state index contributed by atoms with van der Waals surface area (Å²) in [4.78, 5) is 20.7. The van der Waals surface area contributed by atoms with Crippen molar-refractivity contribution in [3.8, 4) is 0 Å². The van der Waals surface area contributed by atoms with E-state index in [9.17, 15) is 4.79 Å². The molecule has 0 bridgehead atoms. The number of aromatic nitrogens is 2. The van der Waals surface area contributed by atoms with E-state index in [2.05, 4.69) is 25.9 Å². The number of carbonyl (C=O) groups is 1. The Morgan fingerprint density at radius 1 is 1.27 bits per heavy atom. The Morgan fingerprint density at radius 3 is 2.81 bits per heavy atom. The summed E-state index contributed by atoms with van der Waals surface area (Å²) in [6.45, 7) is 4.78. The molecule has 1 aliphatic rings. The van der Waals surface area contributed by atoms with Crippen LogP contribution in [0.3, 0.4) is 0 Å². The first kappa shape index (κ1) is 20.5. The highest BCUT2D eigenvalue weighted by molar-refractivity contribution is 14.0. The van der Waals surface area contributed by atoms with E-state index in [0.717, 1.165) is 43.1 Å². The molecule has 1 saturated carbocycles. The Balaban J connectivity index is 0.00000243. The maximum absolute atomic E-state index is 11.6. The summed E-state index contributed by atoms with van der Waals surface area (Å²) >= 11 is 0. The fourth-order valence-corrected chi connectivity index (χ4v) is 2.59. The Hall–Kier alpha value is -1.84. The van der Waals surface area contributed by atoms with Crippen LogP contribution in [0.1, 0.15) is 25.5 Å². The van der Waals surface area contributed by atoms with Gasteiger partial charge in [-0.3, -0.25) is 9.79 Å². The number of guanidine groups is 1. The summed E-state index contributed by atoms with van der Waals surface area (Å²) in [7, 11) is 0. The minimum absolute atomic E-state index is 0. The quantitative estimate of drug-likeness (QED) is 0.237. The van der Waals surface area contributed by atoms with Gasteiger partial charge in [-0.2, -0.15) is 0 Å². The first-order valence-electron chi connectivity index (χ1n) is 8.99. The van der Waals surface area contributed by atoms with Crippen molar-refractivity contribution in [3.63, 3.8) is 0 Å². The lowest BCUT2D eigenvalue weighted by molar-refractivity contribution is -0.122. The number of imidazole rings is 1. The van der Waals surface area contributed by atoms with E-state index >= 15 is 0 Å². The molecule has 1 fully saturated rings. The zero-order valence-corrected chi connectivity index (χ0v) is 17.4. The number of fused-ring (bicyclic) bond motifs is 1. The van der Waals surface area contributed by atoms with Crippen LogP contribution in [0.4, 0.5) is 0 Å². The van der Waals surface area contributed by atoms with Gasteiger partial charge in [0.25, 0.3) is 0 Å². The second kappa shape index (κ2) is 10.3. The average molecular weight is 470 g/mol. The van der Waals surface area contributed by atoms with Crippen LogP contribution in [0.15, 0.2) is 35.6 Å². The van der Waals surface area contributed by atoms with Crippen molar-refractivity contribution < 1.29 is 4.79 Å². The first-order valence-corrected chi connectivity index (χ1v) is 8.99. The molecule has 142 valence electrons. The van der Waals surface area contributed by atoms with Gasteiger partial charge in [0.1, 0.15) is 5.65 Å². The molecule has 1 amide bonds. The van der Waals surface area contributed by atoms with Crippen LogP contribution >= 0.6 is 24.0 Å². The van der Waals surface area contributed by atoms with Crippen molar-refractivity contribution >= 4 is 41.5 Å². The number of aliphatic imine (C=N–C) groups is 1. The van der Waals surface area contributed by atoms with Crippen LogP contribution in [0.2, 0.25) is 0 Å².